The smallest absolute Gasteiger partial charge is 0.220 e. The van der Waals surface area contributed by atoms with E-state index in [1.807, 2.05) is 0 Å². The molecule has 2 rings (SSSR count). The summed E-state index contributed by atoms with van der Waals surface area (Å²) in [4.78, 5) is 12.0. The van der Waals surface area contributed by atoms with Crippen molar-refractivity contribution in [2.75, 3.05) is 13.1 Å². The van der Waals surface area contributed by atoms with Gasteiger partial charge >= 0.3 is 0 Å². The highest BCUT2D eigenvalue weighted by Gasteiger charge is 2.21. The van der Waals surface area contributed by atoms with E-state index in [0.717, 1.165) is 31.5 Å². The first-order valence-corrected chi connectivity index (χ1v) is 7.78. The van der Waals surface area contributed by atoms with Crippen LogP contribution in [0.1, 0.15) is 37.3 Å². The number of hydrogen-bond donors (Lipinski definition) is 2. The maximum Gasteiger partial charge on any atom is 0.220 e. The summed E-state index contributed by atoms with van der Waals surface area (Å²) in [5.74, 6) is 0.944. The van der Waals surface area contributed by atoms with Crippen LogP contribution in [-0.2, 0) is 11.3 Å². The van der Waals surface area contributed by atoms with Gasteiger partial charge in [0.15, 0.2) is 0 Å². The maximum absolute atomic E-state index is 13.2. The third-order valence-electron chi connectivity index (χ3n) is 4.41. The standard InChI is InChI=1S/C17H25FN2O.ClH/c1-12(15-5-7-19-8-6-15)10-17(21)20-11-14-3-4-16(18)13(2)9-14;/h3-4,9,12,15,19H,5-8,10-11H2,1-2H3,(H,20,21);1H. The molecule has 1 fully saturated rings. The Morgan fingerprint density at radius 2 is 2.09 bits per heavy atom. The van der Waals surface area contributed by atoms with Crippen molar-refractivity contribution in [1.29, 1.82) is 0 Å². The van der Waals surface area contributed by atoms with E-state index in [4.69, 9.17) is 0 Å². The summed E-state index contributed by atoms with van der Waals surface area (Å²) >= 11 is 0. The Morgan fingerprint density at radius 1 is 1.41 bits per heavy atom. The minimum Gasteiger partial charge on any atom is -0.352 e. The fourth-order valence-corrected chi connectivity index (χ4v) is 2.96. The third kappa shape index (κ3) is 5.58. The summed E-state index contributed by atoms with van der Waals surface area (Å²) < 4.78 is 13.2. The normalized spacial score (nSPS) is 16.7. The van der Waals surface area contributed by atoms with E-state index in [9.17, 15) is 9.18 Å². The molecule has 22 heavy (non-hydrogen) atoms. The van der Waals surface area contributed by atoms with Gasteiger partial charge in [-0.2, -0.15) is 0 Å². The number of carbonyl (C=O) groups is 1. The second-order valence-electron chi connectivity index (χ2n) is 6.13. The molecule has 1 aliphatic heterocycles. The summed E-state index contributed by atoms with van der Waals surface area (Å²) in [6, 6.07) is 4.96. The summed E-state index contributed by atoms with van der Waals surface area (Å²) in [5.41, 5.74) is 1.56. The van der Waals surface area contributed by atoms with Crippen LogP contribution in [0.5, 0.6) is 0 Å². The quantitative estimate of drug-likeness (QED) is 0.871. The van der Waals surface area contributed by atoms with E-state index in [2.05, 4.69) is 17.6 Å². The lowest BCUT2D eigenvalue weighted by molar-refractivity contribution is -0.122. The number of amides is 1. The van der Waals surface area contributed by atoms with Crippen LogP contribution in [0.3, 0.4) is 0 Å². The van der Waals surface area contributed by atoms with Crippen LogP contribution in [0.4, 0.5) is 4.39 Å². The zero-order valence-electron chi connectivity index (χ0n) is 13.3. The number of benzene rings is 1. The van der Waals surface area contributed by atoms with Crippen molar-refractivity contribution < 1.29 is 9.18 Å². The van der Waals surface area contributed by atoms with Gasteiger partial charge < -0.3 is 10.6 Å². The molecule has 1 saturated heterocycles. The minimum atomic E-state index is -0.204. The molecule has 3 nitrogen and oxygen atoms in total. The zero-order valence-corrected chi connectivity index (χ0v) is 14.1. The average Bonchev–Trinajstić information content (AvgIpc) is 2.49. The average molecular weight is 329 g/mol. The highest BCUT2D eigenvalue weighted by molar-refractivity contribution is 5.85. The molecule has 0 spiro atoms. The van der Waals surface area contributed by atoms with E-state index in [0.29, 0.717) is 30.4 Å². The molecule has 1 aromatic carbocycles. The van der Waals surface area contributed by atoms with Crippen molar-refractivity contribution in [3.63, 3.8) is 0 Å². The topological polar surface area (TPSA) is 41.1 Å². The highest BCUT2D eigenvalue weighted by Crippen LogP contribution is 2.24. The van der Waals surface area contributed by atoms with Crippen molar-refractivity contribution in [2.45, 2.75) is 39.7 Å². The van der Waals surface area contributed by atoms with Crippen LogP contribution in [-0.4, -0.2) is 19.0 Å². The Kier molecular flexibility index (Phi) is 7.83. The first-order chi connectivity index (χ1) is 10.1. The van der Waals surface area contributed by atoms with E-state index in [1.54, 1.807) is 19.1 Å². The Bertz CT molecular complexity index is 490. The summed E-state index contributed by atoms with van der Waals surface area (Å²) in [6.45, 7) is 6.49. The predicted octanol–water partition coefficient (Wildman–Crippen LogP) is 3.20. The Balaban J connectivity index is 0.00000242. The molecule has 1 amide bonds. The van der Waals surface area contributed by atoms with Crippen molar-refractivity contribution in [1.82, 2.24) is 10.6 Å². The van der Waals surface area contributed by atoms with Crippen molar-refractivity contribution in [2.24, 2.45) is 11.8 Å². The van der Waals surface area contributed by atoms with Gasteiger partial charge in [0.2, 0.25) is 5.91 Å². The second kappa shape index (κ2) is 9.11. The van der Waals surface area contributed by atoms with Crippen LogP contribution >= 0.6 is 12.4 Å². The second-order valence-corrected chi connectivity index (χ2v) is 6.13. The van der Waals surface area contributed by atoms with Crippen molar-refractivity contribution in [3.8, 4) is 0 Å². The molecule has 0 aliphatic carbocycles. The monoisotopic (exact) mass is 328 g/mol. The first-order valence-electron chi connectivity index (χ1n) is 7.78. The molecule has 124 valence electrons. The number of carbonyl (C=O) groups excluding carboxylic acids is 1. The van der Waals surface area contributed by atoms with E-state index in [1.165, 1.54) is 6.07 Å². The van der Waals surface area contributed by atoms with Gasteiger partial charge in [-0.25, -0.2) is 4.39 Å². The largest absolute Gasteiger partial charge is 0.352 e. The van der Waals surface area contributed by atoms with Gasteiger partial charge in [0.25, 0.3) is 0 Å². The van der Waals surface area contributed by atoms with Gasteiger partial charge in [0.05, 0.1) is 0 Å². The van der Waals surface area contributed by atoms with E-state index >= 15 is 0 Å². The highest BCUT2D eigenvalue weighted by atomic mass is 35.5. The number of piperidine rings is 1. The molecule has 0 aromatic heterocycles. The fourth-order valence-electron chi connectivity index (χ4n) is 2.96. The van der Waals surface area contributed by atoms with Gasteiger partial charge in [-0.3, -0.25) is 4.79 Å². The van der Waals surface area contributed by atoms with Crippen LogP contribution in [0.25, 0.3) is 0 Å². The SMILES string of the molecule is Cc1cc(CNC(=O)CC(C)C2CCNCC2)ccc1F.Cl. The molecule has 0 radical (unpaired) electrons. The van der Waals surface area contributed by atoms with E-state index < -0.39 is 0 Å². The Morgan fingerprint density at radius 3 is 2.73 bits per heavy atom. The zero-order chi connectivity index (χ0) is 15.2. The lowest BCUT2D eigenvalue weighted by Crippen LogP contribution is -2.33. The molecule has 1 atom stereocenters. The van der Waals surface area contributed by atoms with Crippen LogP contribution in [0.15, 0.2) is 18.2 Å². The van der Waals surface area contributed by atoms with E-state index in [-0.39, 0.29) is 24.1 Å². The lowest BCUT2D eigenvalue weighted by atomic mass is 9.84. The van der Waals surface area contributed by atoms with Gasteiger partial charge in [-0.1, -0.05) is 19.1 Å². The lowest BCUT2D eigenvalue weighted by Gasteiger charge is -2.27. The molecule has 1 aromatic rings. The molecular formula is C17H26ClFN2O. The summed E-state index contributed by atoms with van der Waals surface area (Å²) in [6.07, 6.45) is 2.89. The van der Waals surface area contributed by atoms with Crippen molar-refractivity contribution >= 4 is 18.3 Å². The molecule has 0 saturated carbocycles. The molecular weight excluding hydrogens is 303 g/mol. The molecule has 0 bridgehead atoms. The van der Waals surface area contributed by atoms with Gasteiger partial charge in [-0.15, -0.1) is 12.4 Å². The van der Waals surface area contributed by atoms with Crippen LogP contribution in [0.2, 0.25) is 0 Å². The predicted molar refractivity (Wildman–Crippen MR) is 89.6 cm³/mol. The molecule has 2 N–H and O–H groups in total. The number of hydrogen-bond acceptors (Lipinski definition) is 2. The van der Waals surface area contributed by atoms with Crippen LogP contribution in [0, 0.1) is 24.6 Å². The molecule has 5 heteroatoms. The fraction of sp³-hybridized carbons (Fsp3) is 0.588. The minimum absolute atomic E-state index is 0. The number of rotatable bonds is 5. The summed E-state index contributed by atoms with van der Waals surface area (Å²) in [5, 5.41) is 6.29. The van der Waals surface area contributed by atoms with Crippen molar-refractivity contribution in [3.05, 3.63) is 35.1 Å². The molecule has 1 unspecified atom stereocenters. The third-order valence-corrected chi connectivity index (χ3v) is 4.41. The molecule has 1 heterocycles. The van der Waals surface area contributed by atoms with Gasteiger partial charge in [-0.05, 0) is 61.9 Å². The first kappa shape index (κ1) is 18.9. The van der Waals surface area contributed by atoms with Crippen LogP contribution < -0.4 is 10.6 Å². The van der Waals surface area contributed by atoms with Gasteiger partial charge in [0, 0.05) is 13.0 Å². The number of aryl methyl sites for hydroxylation is 1. The number of nitrogens with one attached hydrogen (secondary N) is 2. The maximum atomic E-state index is 13.2. The molecule has 1 aliphatic rings. The Labute approximate surface area is 138 Å². The van der Waals surface area contributed by atoms with Gasteiger partial charge in [0.1, 0.15) is 5.82 Å². The Hall–Kier alpha value is -1.13. The number of halogens is 2. The summed E-state index contributed by atoms with van der Waals surface area (Å²) in [7, 11) is 0.